The van der Waals surface area contributed by atoms with Gasteiger partial charge in [0.25, 0.3) is 5.91 Å². The third-order valence-electron chi connectivity index (χ3n) is 2.23. The summed E-state index contributed by atoms with van der Waals surface area (Å²) in [4.78, 5) is 13.6. The second kappa shape index (κ2) is 5.32. The molecule has 84 valence electrons. The largest absolute Gasteiger partial charge is 0.395 e. The molecular weight excluding hydrogens is 260 g/mol. The first-order valence-electron chi connectivity index (χ1n) is 4.82. The van der Waals surface area contributed by atoms with Gasteiger partial charge in [0.2, 0.25) is 0 Å². The van der Waals surface area contributed by atoms with Crippen molar-refractivity contribution in [3.63, 3.8) is 0 Å². The molecule has 1 aromatic rings. The third-order valence-corrected chi connectivity index (χ3v) is 2.66. The number of rotatable bonds is 4. The van der Waals surface area contributed by atoms with E-state index in [1.807, 2.05) is 20.2 Å². The zero-order chi connectivity index (χ0) is 11.4. The van der Waals surface area contributed by atoms with Crippen LogP contribution in [0.25, 0.3) is 0 Å². The standard InChI is InChI=1S/C10H15BrN2O2/c1-3-13(4-5-14)10(15)9-6-8(11)7-12(9)2/h6-7,14H,3-5H2,1-2H3. The van der Waals surface area contributed by atoms with Crippen LogP contribution in [0.3, 0.4) is 0 Å². The molecule has 1 heterocycles. The molecule has 15 heavy (non-hydrogen) atoms. The number of amides is 1. The second-order valence-electron chi connectivity index (χ2n) is 3.26. The molecule has 1 N–H and O–H groups in total. The molecule has 0 aliphatic rings. The van der Waals surface area contributed by atoms with E-state index in [9.17, 15) is 4.79 Å². The van der Waals surface area contributed by atoms with Gasteiger partial charge in [-0.2, -0.15) is 0 Å². The quantitative estimate of drug-likeness (QED) is 0.898. The van der Waals surface area contributed by atoms with Gasteiger partial charge in [0.1, 0.15) is 5.69 Å². The molecule has 4 nitrogen and oxygen atoms in total. The molecule has 0 saturated carbocycles. The average molecular weight is 275 g/mol. The van der Waals surface area contributed by atoms with Gasteiger partial charge < -0.3 is 14.6 Å². The molecule has 0 aliphatic carbocycles. The first-order chi connectivity index (χ1) is 7.10. The summed E-state index contributed by atoms with van der Waals surface area (Å²) in [5.74, 6) is -0.0558. The number of carbonyl (C=O) groups is 1. The fraction of sp³-hybridized carbons (Fsp3) is 0.500. The van der Waals surface area contributed by atoms with Gasteiger partial charge in [-0.05, 0) is 28.9 Å². The Balaban J connectivity index is 2.87. The predicted octanol–water partition coefficient (Wildman–Crippen LogP) is 1.24. The lowest BCUT2D eigenvalue weighted by molar-refractivity contribution is 0.0722. The van der Waals surface area contributed by atoms with Gasteiger partial charge in [0, 0.05) is 30.8 Å². The van der Waals surface area contributed by atoms with Crippen molar-refractivity contribution in [3.05, 3.63) is 22.4 Å². The van der Waals surface area contributed by atoms with Gasteiger partial charge in [-0.15, -0.1) is 0 Å². The molecule has 0 aliphatic heterocycles. The highest BCUT2D eigenvalue weighted by Crippen LogP contribution is 2.15. The predicted molar refractivity (Wildman–Crippen MR) is 61.8 cm³/mol. The van der Waals surface area contributed by atoms with E-state index < -0.39 is 0 Å². The normalized spacial score (nSPS) is 10.4. The minimum Gasteiger partial charge on any atom is -0.395 e. The Kier molecular flexibility index (Phi) is 4.35. The maximum absolute atomic E-state index is 12.0. The molecule has 1 amide bonds. The number of halogens is 1. The molecule has 0 unspecified atom stereocenters. The van der Waals surface area contributed by atoms with Gasteiger partial charge in [0.05, 0.1) is 6.61 Å². The molecule has 0 aromatic carbocycles. The molecule has 0 spiro atoms. The van der Waals surface area contributed by atoms with Crippen LogP contribution in [-0.2, 0) is 7.05 Å². The van der Waals surface area contributed by atoms with E-state index in [0.29, 0.717) is 18.8 Å². The van der Waals surface area contributed by atoms with E-state index in [1.54, 1.807) is 15.5 Å². The number of aryl methyl sites for hydroxylation is 1. The lowest BCUT2D eigenvalue weighted by Gasteiger charge is -2.19. The number of carbonyl (C=O) groups excluding carboxylic acids is 1. The lowest BCUT2D eigenvalue weighted by atomic mass is 10.3. The van der Waals surface area contributed by atoms with Crippen molar-refractivity contribution in [1.29, 1.82) is 0 Å². The summed E-state index contributed by atoms with van der Waals surface area (Å²) < 4.78 is 2.65. The molecule has 0 atom stereocenters. The number of hydrogen-bond acceptors (Lipinski definition) is 2. The van der Waals surface area contributed by atoms with Crippen LogP contribution in [0.1, 0.15) is 17.4 Å². The number of aliphatic hydroxyl groups is 1. The number of hydrogen-bond donors (Lipinski definition) is 1. The molecule has 0 fully saturated rings. The zero-order valence-electron chi connectivity index (χ0n) is 8.90. The van der Waals surface area contributed by atoms with Crippen LogP contribution < -0.4 is 0 Å². The number of nitrogens with zero attached hydrogens (tertiary/aromatic N) is 2. The van der Waals surface area contributed by atoms with Crippen LogP contribution in [0, 0.1) is 0 Å². The highest BCUT2D eigenvalue weighted by Gasteiger charge is 2.16. The molecule has 0 saturated heterocycles. The summed E-state index contributed by atoms with van der Waals surface area (Å²) in [6, 6.07) is 1.78. The maximum Gasteiger partial charge on any atom is 0.270 e. The van der Waals surface area contributed by atoms with Crippen LogP contribution in [0.5, 0.6) is 0 Å². The van der Waals surface area contributed by atoms with Gasteiger partial charge in [-0.3, -0.25) is 4.79 Å². The minimum atomic E-state index is -0.0558. The van der Waals surface area contributed by atoms with E-state index in [-0.39, 0.29) is 12.5 Å². The van der Waals surface area contributed by atoms with Crippen molar-refractivity contribution >= 4 is 21.8 Å². The Hall–Kier alpha value is -0.810. The van der Waals surface area contributed by atoms with Crippen LogP contribution in [0.4, 0.5) is 0 Å². The van der Waals surface area contributed by atoms with Crippen LogP contribution >= 0.6 is 15.9 Å². The third kappa shape index (κ3) is 2.82. The Morgan fingerprint density at radius 2 is 2.33 bits per heavy atom. The van der Waals surface area contributed by atoms with Gasteiger partial charge in [-0.1, -0.05) is 0 Å². The minimum absolute atomic E-state index is 0.00876. The number of aromatic nitrogens is 1. The number of aliphatic hydroxyl groups excluding tert-OH is 1. The van der Waals surface area contributed by atoms with Crippen molar-refractivity contribution < 1.29 is 9.90 Å². The first-order valence-corrected chi connectivity index (χ1v) is 5.61. The van der Waals surface area contributed by atoms with Gasteiger partial charge >= 0.3 is 0 Å². The van der Waals surface area contributed by atoms with Crippen molar-refractivity contribution in [2.24, 2.45) is 7.05 Å². The van der Waals surface area contributed by atoms with Crippen LogP contribution in [-0.4, -0.2) is 40.2 Å². The molecule has 5 heteroatoms. The van der Waals surface area contributed by atoms with E-state index in [0.717, 1.165) is 4.47 Å². The maximum atomic E-state index is 12.0. The SMILES string of the molecule is CCN(CCO)C(=O)c1cc(Br)cn1C. The summed E-state index contributed by atoms with van der Waals surface area (Å²) in [5, 5.41) is 8.83. The lowest BCUT2D eigenvalue weighted by Crippen LogP contribution is -2.34. The van der Waals surface area contributed by atoms with Crippen molar-refractivity contribution in [2.45, 2.75) is 6.92 Å². The summed E-state index contributed by atoms with van der Waals surface area (Å²) >= 11 is 3.32. The molecule has 1 rings (SSSR count). The van der Waals surface area contributed by atoms with E-state index >= 15 is 0 Å². The van der Waals surface area contributed by atoms with E-state index in [4.69, 9.17) is 5.11 Å². The fourth-order valence-electron chi connectivity index (χ4n) is 1.42. The zero-order valence-corrected chi connectivity index (χ0v) is 10.5. The highest BCUT2D eigenvalue weighted by molar-refractivity contribution is 9.10. The second-order valence-corrected chi connectivity index (χ2v) is 4.18. The molecule has 0 bridgehead atoms. The number of likely N-dealkylation sites (N-methyl/N-ethyl adjacent to an activating group) is 1. The molecular formula is C10H15BrN2O2. The van der Waals surface area contributed by atoms with Gasteiger partial charge in [-0.25, -0.2) is 0 Å². The fourth-order valence-corrected chi connectivity index (χ4v) is 1.95. The van der Waals surface area contributed by atoms with Crippen molar-refractivity contribution in [1.82, 2.24) is 9.47 Å². The smallest absolute Gasteiger partial charge is 0.270 e. The van der Waals surface area contributed by atoms with Gasteiger partial charge in [0.15, 0.2) is 0 Å². The van der Waals surface area contributed by atoms with Crippen LogP contribution in [0.2, 0.25) is 0 Å². The molecule has 1 aromatic heterocycles. The average Bonchev–Trinajstić information content (AvgIpc) is 2.53. The van der Waals surface area contributed by atoms with E-state index in [2.05, 4.69) is 15.9 Å². The summed E-state index contributed by atoms with van der Waals surface area (Å²) in [7, 11) is 1.82. The highest BCUT2D eigenvalue weighted by atomic mass is 79.9. The molecule has 0 radical (unpaired) electrons. The van der Waals surface area contributed by atoms with Crippen molar-refractivity contribution in [2.75, 3.05) is 19.7 Å². The van der Waals surface area contributed by atoms with E-state index in [1.165, 1.54) is 0 Å². The van der Waals surface area contributed by atoms with Crippen molar-refractivity contribution in [3.8, 4) is 0 Å². The first kappa shape index (κ1) is 12.3. The Bertz CT molecular complexity index is 349. The Morgan fingerprint density at radius 1 is 1.67 bits per heavy atom. The van der Waals surface area contributed by atoms with Crippen LogP contribution in [0.15, 0.2) is 16.7 Å². The summed E-state index contributed by atoms with van der Waals surface area (Å²) in [6.07, 6.45) is 1.83. The topological polar surface area (TPSA) is 45.5 Å². The monoisotopic (exact) mass is 274 g/mol. The summed E-state index contributed by atoms with van der Waals surface area (Å²) in [6.45, 7) is 2.86. The Labute approximate surface area is 97.6 Å². The summed E-state index contributed by atoms with van der Waals surface area (Å²) in [5.41, 5.74) is 0.622. The Morgan fingerprint density at radius 3 is 2.73 bits per heavy atom.